The van der Waals surface area contributed by atoms with E-state index in [-0.39, 0.29) is 23.6 Å². The second-order valence-corrected chi connectivity index (χ2v) is 8.50. The van der Waals surface area contributed by atoms with E-state index in [1.54, 1.807) is 9.80 Å². The summed E-state index contributed by atoms with van der Waals surface area (Å²) in [4.78, 5) is 33.3. The predicted octanol–water partition coefficient (Wildman–Crippen LogP) is 3.34. The van der Waals surface area contributed by atoms with Crippen molar-refractivity contribution in [3.8, 4) is 11.6 Å². The quantitative estimate of drug-likeness (QED) is 0.645. The molecule has 11 nitrogen and oxygen atoms in total. The summed E-state index contributed by atoms with van der Waals surface area (Å²) in [6.07, 6.45) is 1.10. The molecule has 0 saturated carbocycles. The van der Waals surface area contributed by atoms with E-state index >= 15 is 0 Å². The molecule has 1 atom stereocenters. The van der Waals surface area contributed by atoms with Crippen molar-refractivity contribution in [1.29, 1.82) is 0 Å². The average molecular weight is 438 g/mol. The topological polar surface area (TPSA) is 136 Å². The second kappa shape index (κ2) is 8.40. The van der Waals surface area contributed by atoms with E-state index in [0.717, 1.165) is 12.1 Å². The lowest BCUT2D eigenvalue weighted by atomic mass is 10.2. The number of amides is 1. The number of likely N-dealkylation sites (tertiary alicyclic amines) is 1. The van der Waals surface area contributed by atoms with Gasteiger partial charge in [0.2, 0.25) is 29.4 Å². The molecule has 32 heavy (non-hydrogen) atoms. The zero-order valence-electron chi connectivity index (χ0n) is 18.5. The van der Waals surface area contributed by atoms with Crippen LogP contribution < -0.4 is 10.6 Å². The van der Waals surface area contributed by atoms with Crippen molar-refractivity contribution in [1.82, 2.24) is 30.0 Å². The highest BCUT2D eigenvalue weighted by molar-refractivity contribution is 5.69. The van der Waals surface area contributed by atoms with Gasteiger partial charge in [-0.1, -0.05) is 23.4 Å². The number of carbonyl (C=O) groups is 1. The van der Waals surface area contributed by atoms with Crippen LogP contribution in [0.25, 0.3) is 11.6 Å². The summed E-state index contributed by atoms with van der Waals surface area (Å²) in [6, 6.07) is 9.25. The minimum absolute atomic E-state index is 0.0374. The molecule has 0 unspecified atom stereocenters. The van der Waals surface area contributed by atoms with Gasteiger partial charge in [0.1, 0.15) is 11.6 Å². The Morgan fingerprint density at radius 2 is 1.91 bits per heavy atom. The Morgan fingerprint density at radius 3 is 2.62 bits per heavy atom. The van der Waals surface area contributed by atoms with E-state index in [4.69, 9.17) is 15.0 Å². The summed E-state index contributed by atoms with van der Waals surface area (Å²) >= 11 is 0. The zero-order valence-corrected chi connectivity index (χ0v) is 18.5. The maximum Gasteiger partial charge on any atom is 0.410 e. The molecule has 1 aliphatic heterocycles. The van der Waals surface area contributed by atoms with Crippen molar-refractivity contribution in [2.24, 2.45) is 0 Å². The van der Waals surface area contributed by atoms with Gasteiger partial charge < -0.3 is 19.9 Å². The van der Waals surface area contributed by atoms with Crippen LogP contribution in [0.3, 0.4) is 0 Å². The van der Waals surface area contributed by atoms with Gasteiger partial charge in [-0.3, -0.25) is 4.90 Å². The largest absolute Gasteiger partial charge is 0.444 e. The van der Waals surface area contributed by atoms with Crippen molar-refractivity contribution in [2.45, 2.75) is 45.3 Å². The Hall–Kier alpha value is -3.76. The number of hydrogen-bond acceptors (Lipinski definition) is 10. The van der Waals surface area contributed by atoms with Gasteiger partial charge in [0.15, 0.2) is 0 Å². The first-order valence-corrected chi connectivity index (χ1v) is 10.4. The number of aromatic nitrogens is 5. The standard InChI is InChI=1S/C21H26N8O3/c1-21(2,3)31-20(30)29-12-8-11-14(29)17-23-16(27-32-17)15-24-18(22)26-19(25-15)28(4)13-9-6-5-7-10-13/h5-7,9-10,14H,8,11-12H2,1-4H3,(H2,22,24,25,26)/t14-/m0/s1. The first kappa shape index (κ1) is 21.5. The molecule has 168 valence electrons. The number of ether oxygens (including phenoxy) is 1. The number of nitrogens with zero attached hydrogens (tertiary/aromatic N) is 7. The molecule has 0 radical (unpaired) electrons. The van der Waals surface area contributed by atoms with Crippen molar-refractivity contribution in [3.05, 3.63) is 36.2 Å². The molecular formula is C21H26N8O3. The Bertz CT molecular complexity index is 1100. The van der Waals surface area contributed by atoms with Gasteiger partial charge in [-0.25, -0.2) is 4.79 Å². The summed E-state index contributed by atoms with van der Waals surface area (Å²) < 4.78 is 11.0. The smallest absolute Gasteiger partial charge is 0.410 e. The number of hydrogen-bond donors (Lipinski definition) is 1. The molecule has 1 amide bonds. The Balaban J connectivity index is 1.58. The van der Waals surface area contributed by atoms with Crippen LogP contribution in [0.15, 0.2) is 34.9 Å². The Labute approximate surface area is 185 Å². The summed E-state index contributed by atoms with van der Waals surface area (Å²) in [7, 11) is 1.83. The molecule has 1 aromatic carbocycles. The molecule has 2 aromatic heterocycles. The van der Waals surface area contributed by atoms with Gasteiger partial charge >= 0.3 is 6.09 Å². The van der Waals surface area contributed by atoms with E-state index in [2.05, 4.69) is 25.1 Å². The number of nitrogen functional groups attached to an aromatic ring is 1. The normalized spacial score (nSPS) is 16.2. The number of rotatable bonds is 4. The lowest BCUT2D eigenvalue weighted by Gasteiger charge is -2.26. The lowest BCUT2D eigenvalue weighted by Crippen LogP contribution is -2.36. The summed E-state index contributed by atoms with van der Waals surface area (Å²) in [5, 5.41) is 4.02. The third-order valence-electron chi connectivity index (χ3n) is 4.89. The first-order valence-electron chi connectivity index (χ1n) is 10.4. The number of para-hydroxylation sites is 1. The van der Waals surface area contributed by atoms with Crippen molar-refractivity contribution < 1.29 is 14.1 Å². The van der Waals surface area contributed by atoms with Crippen LogP contribution in [0.1, 0.15) is 45.5 Å². The highest BCUT2D eigenvalue weighted by Crippen LogP contribution is 2.33. The molecule has 0 aliphatic carbocycles. The predicted molar refractivity (Wildman–Crippen MR) is 117 cm³/mol. The van der Waals surface area contributed by atoms with Gasteiger partial charge in [-0.15, -0.1) is 0 Å². The number of anilines is 3. The molecule has 0 bridgehead atoms. The van der Waals surface area contributed by atoms with Crippen LogP contribution in [-0.4, -0.2) is 55.3 Å². The monoisotopic (exact) mass is 438 g/mol. The molecule has 3 heterocycles. The van der Waals surface area contributed by atoms with Crippen LogP contribution in [0.2, 0.25) is 0 Å². The van der Waals surface area contributed by atoms with Crippen LogP contribution >= 0.6 is 0 Å². The molecular weight excluding hydrogens is 412 g/mol. The summed E-state index contributed by atoms with van der Waals surface area (Å²) in [5.74, 6) is 1.05. The third-order valence-corrected chi connectivity index (χ3v) is 4.89. The van der Waals surface area contributed by atoms with E-state index in [1.165, 1.54) is 0 Å². The molecule has 1 saturated heterocycles. The van der Waals surface area contributed by atoms with Crippen molar-refractivity contribution in [2.75, 3.05) is 24.2 Å². The van der Waals surface area contributed by atoms with E-state index in [9.17, 15) is 4.79 Å². The van der Waals surface area contributed by atoms with Gasteiger partial charge in [-0.05, 0) is 45.7 Å². The number of carbonyl (C=O) groups excluding carboxylic acids is 1. The molecule has 0 spiro atoms. The van der Waals surface area contributed by atoms with Crippen LogP contribution in [-0.2, 0) is 4.74 Å². The summed E-state index contributed by atoms with van der Waals surface area (Å²) in [6.45, 7) is 6.05. The molecule has 1 aliphatic rings. The third kappa shape index (κ3) is 4.61. The highest BCUT2D eigenvalue weighted by atomic mass is 16.6. The van der Waals surface area contributed by atoms with Crippen molar-refractivity contribution in [3.63, 3.8) is 0 Å². The van der Waals surface area contributed by atoms with Gasteiger partial charge in [0, 0.05) is 19.3 Å². The highest BCUT2D eigenvalue weighted by Gasteiger charge is 2.36. The maximum atomic E-state index is 12.6. The molecule has 4 rings (SSSR count). The molecule has 3 aromatic rings. The van der Waals surface area contributed by atoms with E-state index in [0.29, 0.717) is 24.8 Å². The fourth-order valence-electron chi connectivity index (χ4n) is 3.42. The minimum Gasteiger partial charge on any atom is -0.444 e. The van der Waals surface area contributed by atoms with Gasteiger partial charge in [-0.2, -0.15) is 19.9 Å². The minimum atomic E-state index is -0.589. The first-order chi connectivity index (χ1) is 15.2. The average Bonchev–Trinajstić information content (AvgIpc) is 3.41. The lowest BCUT2D eigenvalue weighted by molar-refractivity contribution is 0.0199. The molecule has 2 N–H and O–H groups in total. The zero-order chi connectivity index (χ0) is 22.9. The van der Waals surface area contributed by atoms with Gasteiger partial charge in [0.05, 0.1) is 0 Å². The SMILES string of the molecule is CN(c1ccccc1)c1nc(N)nc(-c2noc([C@@H]3CCCN3C(=O)OC(C)(C)C)n2)n1. The fourth-order valence-corrected chi connectivity index (χ4v) is 3.42. The Kier molecular flexibility index (Phi) is 5.64. The van der Waals surface area contributed by atoms with E-state index in [1.807, 2.05) is 58.2 Å². The molecule has 11 heteroatoms. The number of nitrogens with two attached hydrogens (primary N) is 1. The summed E-state index contributed by atoms with van der Waals surface area (Å²) in [5.41, 5.74) is 6.21. The number of benzene rings is 1. The van der Waals surface area contributed by atoms with Crippen LogP contribution in [0.5, 0.6) is 0 Å². The van der Waals surface area contributed by atoms with Crippen molar-refractivity contribution >= 4 is 23.7 Å². The van der Waals surface area contributed by atoms with E-state index < -0.39 is 11.7 Å². The Morgan fingerprint density at radius 1 is 1.16 bits per heavy atom. The second-order valence-electron chi connectivity index (χ2n) is 8.50. The molecule has 1 fully saturated rings. The van der Waals surface area contributed by atoms with Gasteiger partial charge in [0.25, 0.3) is 0 Å². The van der Waals surface area contributed by atoms with Crippen LogP contribution in [0.4, 0.5) is 22.4 Å². The van der Waals surface area contributed by atoms with Crippen LogP contribution in [0, 0.1) is 0 Å². The fraction of sp³-hybridized carbons (Fsp3) is 0.429. The maximum absolute atomic E-state index is 12.6.